The van der Waals surface area contributed by atoms with Crippen molar-refractivity contribution in [1.29, 1.82) is 0 Å². The maximum Gasteiger partial charge on any atom is 0.222 e. The van der Waals surface area contributed by atoms with Crippen LogP contribution in [0.3, 0.4) is 0 Å². The van der Waals surface area contributed by atoms with Gasteiger partial charge in [-0.3, -0.25) is 4.79 Å². The molecule has 1 amide bonds. The summed E-state index contributed by atoms with van der Waals surface area (Å²) in [5, 5.41) is 7.31. The summed E-state index contributed by atoms with van der Waals surface area (Å²) >= 11 is 0. The van der Waals surface area contributed by atoms with Crippen LogP contribution < -0.4 is 10.6 Å². The zero-order valence-electron chi connectivity index (χ0n) is 16.9. The highest BCUT2D eigenvalue weighted by atomic mass is 16.1. The molecule has 0 radical (unpaired) electrons. The minimum Gasteiger partial charge on any atom is -0.369 e. The van der Waals surface area contributed by atoms with Gasteiger partial charge in [-0.25, -0.2) is 9.97 Å². The second-order valence-electron chi connectivity index (χ2n) is 7.16. The van der Waals surface area contributed by atoms with Crippen molar-refractivity contribution in [2.24, 2.45) is 0 Å². The third-order valence-electron chi connectivity index (χ3n) is 4.96. The Bertz CT molecular complexity index is 1130. The van der Waals surface area contributed by atoms with Crippen molar-refractivity contribution >= 4 is 22.6 Å². The fraction of sp³-hybridized carbons (Fsp3) is 0.160. The van der Waals surface area contributed by atoms with Crippen LogP contribution in [0.15, 0.2) is 84.9 Å². The predicted molar refractivity (Wildman–Crippen MR) is 121 cm³/mol. The van der Waals surface area contributed by atoms with Gasteiger partial charge in [0, 0.05) is 23.9 Å². The Hall–Kier alpha value is -3.73. The SMILES string of the molecule is CC(NC(=O)CCNc1nc(-c2ccccc2)nc2ccccc12)c1ccccc1. The highest BCUT2D eigenvalue weighted by Crippen LogP contribution is 2.24. The molecule has 3 aromatic carbocycles. The smallest absolute Gasteiger partial charge is 0.222 e. The maximum absolute atomic E-state index is 12.4. The number of benzene rings is 3. The number of carbonyl (C=O) groups is 1. The maximum atomic E-state index is 12.4. The molecular weight excluding hydrogens is 372 g/mol. The summed E-state index contributed by atoms with van der Waals surface area (Å²) in [5.74, 6) is 1.41. The second kappa shape index (κ2) is 9.18. The third kappa shape index (κ3) is 4.63. The van der Waals surface area contributed by atoms with Crippen LogP contribution in [-0.4, -0.2) is 22.4 Å². The van der Waals surface area contributed by atoms with Gasteiger partial charge in [0.15, 0.2) is 5.82 Å². The molecule has 5 heteroatoms. The van der Waals surface area contributed by atoms with E-state index in [4.69, 9.17) is 9.97 Å². The number of anilines is 1. The van der Waals surface area contributed by atoms with Crippen molar-refractivity contribution in [1.82, 2.24) is 15.3 Å². The van der Waals surface area contributed by atoms with Gasteiger partial charge >= 0.3 is 0 Å². The van der Waals surface area contributed by atoms with Crippen LogP contribution in [0.2, 0.25) is 0 Å². The molecule has 0 aliphatic heterocycles. The van der Waals surface area contributed by atoms with Crippen LogP contribution in [0, 0.1) is 0 Å². The minimum atomic E-state index is -0.0248. The second-order valence-corrected chi connectivity index (χ2v) is 7.16. The predicted octanol–water partition coefficient (Wildman–Crippen LogP) is 4.98. The summed E-state index contributed by atoms with van der Waals surface area (Å²) in [5.41, 5.74) is 2.92. The lowest BCUT2D eigenvalue weighted by atomic mass is 10.1. The molecule has 1 aromatic heterocycles. The molecule has 0 fully saturated rings. The summed E-state index contributed by atoms with van der Waals surface area (Å²) in [7, 11) is 0. The fourth-order valence-electron chi connectivity index (χ4n) is 3.36. The van der Waals surface area contributed by atoms with Gasteiger partial charge in [0.2, 0.25) is 5.91 Å². The van der Waals surface area contributed by atoms with Crippen molar-refractivity contribution in [2.45, 2.75) is 19.4 Å². The number of hydrogen-bond donors (Lipinski definition) is 2. The van der Waals surface area contributed by atoms with Crippen molar-refractivity contribution in [3.8, 4) is 11.4 Å². The standard InChI is InChI=1S/C25H24N4O/c1-18(19-10-4-2-5-11-19)27-23(30)16-17-26-25-21-14-8-9-15-22(21)28-24(29-25)20-12-6-3-7-13-20/h2-15,18H,16-17H2,1H3,(H,27,30)(H,26,28,29). The highest BCUT2D eigenvalue weighted by molar-refractivity contribution is 5.90. The van der Waals surface area contributed by atoms with Gasteiger partial charge in [0.25, 0.3) is 0 Å². The van der Waals surface area contributed by atoms with Crippen LogP contribution in [0.4, 0.5) is 5.82 Å². The number of amides is 1. The van der Waals surface area contributed by atoms with Crippen LogP contribution in [0.5, 0.6) is 0 Å². The third-order valence-corrected chi connectivity index (χ3v) is 4.96. The zero-order chi connectivity index (χ0) is 20.8. The molecule has 0 saturated carbocycles. The Kier molecular flexibility index (Phi) is 5.99. The van der Waals surface area contributed by atoms with E-state index in [0.717, 1.165) is 27.8 Å². The molecule has 150 valence electrons. The van der Waals surface area contributed by atoms with Crippen LogP contribution >= 0.6 is 0 Å². The van der Waals surface area contributed by atoms with Gasteiger partial charge < -0.3 is 10.6 Å². The van der Waals surface area contributed by atoms with Gasteiger partial charge in [0.05, 0.1) is 11.6 Å². The molecule has 4 aromatic rings. The molecule has 0 aliphatic rings. The molecule has 4 rings (SSSR count). The average Bonchev–Trinajstić information content (AvgIpc) is 2.80. The van der Waals surface area contributed by atoms with E-state index in [2.05, 4.69) is 10.6 Å². The molecule has 1 atom stereocenters. The Morgan fingerprint density at radius 2 is 1.53 bits per heavy atom. The monoisotopic (exact) mass is 396 g/mol. The van der Waals surface area contributed by atoms with E-state index >= 15 is 0 Å². The normalized spacial score (nSPS) is 11.8. The highest BCUT2D eigenvalue weighted by Gasteiger charge is 2.11. The summed E-state index contributed by atoms with van der Waals surface area (Å²) in [6.45, 7) is 2.48. The lowest BCUT2D eigenvalue weighted by Gasteiger charge is -2.15. The van der Waals surface area contributed by atoms with E-state index in [1.54, 1.807) is 0 Å². The first-order chi connectivity index (χ1) is 14.7. The largest absolute Gasteiger partial charge is 0.369 e. The summed E-state index contributed by atoms with van der Waals surface area (Å²) in [4.78, 5) is 21.8. The molecule has 30 heavy (non-hydrogen) atoms. The molecule has 1 unspecified atom stereocenters. The quantitative estimate of drug-likeness (QED) is 0.462. The summed E-state index contributed by atoms with van der Waals surface area (Å²) < 4.78 is 0. The topological polar surface area (TPSA) is 66.9 Å². The van der Waals surface area contributed by atoms with Gasteiger partial charge in [0.1, 0.15) is 5.82 Å². The number of fused-ring (bicyclic) bond motifs is 1. The molecule has 0 spiro atoms. The number of rotatable bonds is 7. The van der Waals surface area contributed by atoms with Crippen molar-refractivity contribution in [3.63, 3.8) is 0 Å². The number of hydrogen-bond acceptors (Lipinski definition) is 4. The van der Waals surface area contributed by atoms with E-state index in [9.17, 15) is 4.79 Å². The molecule has 0 saturated heterocycles. The molecular formula is C25H24N4O. The molecule has 0 aliphatic carbocycles. The van der Waals surface area contributed by atoms with Gasteiger partial charge in [-0.05, 0) is 24.6 Å². The van der Waals surface area contributed by atoms with E-state index in [1.165, 1.54) is 0 Å². The Balaban J connectivity index is 1.45. The zero-order valence-corrected chi connectivity index (χ0v) is 16.9. The number of aromatic nitrogens is 2. The Morgan fingerprint density at radius 1 is 0.867 bits per heavy atom. The molecule has 1 heterocycles. The first kappa shape index (κ1) is 19.6. The number of carbonyl (C=O) groups excluding carboxylic acids is 1. The summed E-state index contributed by atoms with van der Waals surface area (Å²) in [6, 6.07) is 27.7. The lowest BCUT2D eigenvalue weighted by molar-refractivity contribution is -0.121. The van der Waals surface area contributed by atoms with Crippen molar-refractivity contribution in [2.75, 3.05) is 11.9 Å². The van der Waals surface area contributed by atoms with Gasteiger partial charge in [-0.2, -0.15) is 0 Å². The van der Waals surface area contributed by atoms with Gasteiger partial charge in [-0.15, -0.1) is 0 Å². The van der Waals surface area contributed by atoms with E-state index < -0.39 is 0 Å². The van der Waals surface area contributed by atoms with E-state index in [1.807, 2.05) is 91.9 Å². The fourth-order valence-corrected chi connectivity index (χ4v) is 3.36. The van der Waals surface area contributed by atoms with E-state index in [-0.39, 0.29) is 11.9 Å². The number of para-hydroxylation sites is 1. The molecule has 2 N–H and O–H groups in total. The van der Waals surface area contributed by atoms with Crippen LogP contribution in [0.25, 0.3) is 22.3 Å². The first-order valence-corrected chi connectivity index (χ1v) is 10.1. The van der Waals surface area contributed by atoms with Crippen LogP contribution in [-0.2, 0) is 4.79 Å². The number of nitrogens with one attached hydrogen (secondary N) is 2. The number of nitrogens with zero attached hydrogens (tertiary/aromatic N) is 2. The van der Waals surface area contributed by atoms with Gasteiger partial charge in [-0.1, -0.05) is 72.8 Å². The van der Waals surface area contributed by atoms with E-state index in [0.29, 0.717) is 18.8 Å². The minimum absolute atomic E-state index is 0.000461. The Labute approximate surface area is 176 Å². The first-order valence-electron chi connectivity index (χ1n) is 10.1. The summed E-state index contributed by atoms with van der Waals surface area (Å²) in [6.07, 6.45) is 0.357. The molecule has 0 bridgehead atoms. The van der Waals surface area contributed by atoms with Crippen molar-refractivity contribution < 1.29 is 4.79 Å². The lowest BCUT2D eigenvalue weighted by Crippen LogP contribution is -2.28. The van der Waals surface area contributed by atoms with Crippen LogP contribution in [0.1, 0.15) is 24.9 Å². The molecule has 5 nitrogen and oxygen atoms in total. The van der Waals surface area contributed by atoms with Crippen molar-refractivity contribution in [3.05, 3.63) is 90.5 Å². The Morgan fingerprint density at radius 3 is 2.30 bits per heavy atom. The average molecular weight is 396 g/mol.